The van der Waals surface area contributed by atoms with Gasteiger partial charge in [0.2, 0.25) is 0 Å². The predicted octanol–water partition coefficient (Wildman–Crippen LogP) is 2.06. The molecule has 0 spiro atoms. The number of halogens is 1. The molecule has 0 atom stereocenters. The molecule has 5 nitrogen and oxygen atoms in total. The van der Waals surface area contributed by atoms with Gasteiger partial charge in [0.05, 0.1) is 6.20 Å². The van der Waals surface area contributed by atoms with Crippen molar-refractivity contribution in [3.8, 4) is 0 Å². The highest BCUT2D eigenvalue weighted by Crippen LogP contribution is 2.18. The standard InChI is InChI=1S/C12H12FN3O2S/c1-14-10-2-4-11(5-3-10)16-19(17,18)12-6-9(13)7-15-8-12/h2-8,14,16H,1H3. The van der Waals surface area contributed by atoms with E-state index in [-0.39, 0.29) is 4.90 Å². The Balaban J connectivity index is 2.25. The molecule has 0 aliphatic rings. The molecular weight excluding hydrogens is 269 g/mol. The molecule has 0 amide bonds. The monoisotopic (exact) mass is 281 g/mol. The fraction of sp³-hybridized carbons (Fsp3) is 0.0833. The lowest BCUT2D eigenvalue weighted by molar-refractivity contribution is 0.592. The van der Waals surface area contributed by atoms with Crippen LogP contribution in [0.2, 0.25) is 0 Å². The van der Waals surface area contributed by atoms with E-state index in [1.165, 1.54) is 0 Å². The average Bonchev–Trinajstić information content (AvgIpc) is 2.39. The number of anilines is 2. The normalized spacial score (nSPS) is 11.1. The Morgan fingerprint density at radius 3 is 2.32 bits per heavy atom. The van der Waals surface area contributed by atoms with Crippen LogP contribution in [0.1, 0.15) is 0 Å². The van der Waals surface area contributed by atoms with Gasteiger partial charge in [-0.25, -0.2) is 12.8 Å². The number of pyridine rings is 1. The molecule has 2 aromatic rings. The first kappa shape index (κ1) is 13.3. The van der Waals surface area contributed by atoms with E-state index in [9.17, 15) is 12.8 Å². The SMILES string of the molecule is CNc1ccc(NS(=O)(=O)c2cncc(F)c2)cc1. The van der Waals surface area contributed by atoms with E-state index < -0.39 is 15.8 Å². The quantitative estimate of drug-likeness (QED) is 0.900. The maximum absolute atomic E-state index is 13.0. The van der Waals surface area contributed by atoms with E-state index in [1.54, 1.807) is 31.3 Å². The summed E-state index contributed by atoms with van der Waals surface area (Å²) in [5.41, 5.74) is 1.25. The first-order valence-electron chi connectivity index (χ1n) is 5.42. The third kappa shape index (κ3) is 3.19. The van der Waals surface area contributed by atoms with Gasteiger partial charge in [0, 0.05) is 24.6 Å². The van der Waals surface area contributed by atoms with Crippen molar-refractivity contribution in [3.05, 3.63) is 48.5 Å². The molecule has 0 aliphatic heterocycles. The summed E-state index contributed by atoms with van der Waals surface area (Å²) in [6, 6.07) is 7.58. The van der Waals surface area contributed by atoms with Crippen molar-refractivity contribution in [1.82, 2.24) is 4.98 Å². The topological polar surface area (TPSA) is 71.1 Å². The number of hydrogen-bond donors (Lipinski definition) is 2. The fourth-order valence-electron chi connectivity index (χ4n) is 1.46. The molecule has 1 aromatic carbocycles. The van der Waals surface area contributed by atoms with Crippen molar-refractivity contribution in [3.63, 3.8) is 0 Å². The highest BCUT2D eigenvalue weighted by molar-refractivity contribution is 7.92. The van der Waals surface area contributed by atoms with Gasteiger partial charge in [-0.05, 0) is 30.3 Å². The number of benzene rings is 1. The Morgan fingerprint density at radius 2 is 1.74 bits per heavy atom. The van der Waals surface area contributed by atoms with Crippen molar-refractivity contribution in [2.75, 3.05) is 17.1 Å². The molecular formula is C12H12FN3O2S. The zero-order valence-corrected chi connectivity index (χ0v) is 10.9. The number of sulfonamides is 1. The first-order chi connectivity index (χ1) is 9.01. The molecule has 0 unspecified atom stereocenters. The van der Waals surface area contributed by atoms with Crippen LogP contribution in [0.5, 0.6) is 0 Å². The molecule has 7 heteroatoms. The Labute approximate surface area is 110 Å². The molecule has 1 aromatic heterocycles. The van der Waals surface area contributed by atoms with E-state index in [2.05, 4.69) is 15.0 Å². The van der Waals surface area contributed by atoms with Crippen LogP contribution in [0.25, 0.3) is 0 Å². The third-order valence-electron chi connectivity index (χ3n) is 2.42. The van der Waals surface area contributed by atoms with E-state index in [1.807, 2.05) is 0 Å². The summed E-state index contributed by atoms with van der Waals surface area (Å²) in [6.07, 6.45) is 2.04. The second-order valence-corrected chi connectivity index (χ2v) is 5.45. The summed E-state index contributed by atoms with van der Waals surface area (Å²) in [5.74, 6) is -0.701. The van der Waals surface area contributed by atoms with Gasteiger partial charge in [-0.2, -0.15) is 0 Å². The minimum absolute atomic E-state index is 0.217. The predicted molar refractivity (Wildman–Crippen MR) is 71.0 cm³/mol. The highest BCUT2D eigenvalue weighted by Gasteiger charge is 2.15. The third-order valence-corrected chi connectivity index (χ3v) is 3.76. The van der Waals surface area contributed by atoms with Gasteiger partial charge in [0.1, 0.15) is 10.7 Å². The van der Waals surface area contributed by atoms with Crippen LogP contribution in [0.15, 0.2) is 47.6 Å². The van der Waals surface area contributed by atoms with Gasteiger partial charge in [-0.1, -0.05) is 0 Å². The molecule has 0 saturated carbocycles. The number of nitrogens with zero attached hydrogens (tertiary/aromatic N) is 1. The molecule has 0 saturated heterocycles. The summed E-state index contributed by atoms with van der Waals surface area (Å²) in [4.78, 5) is 3.30. The van der Waals surface area contributed by atoms with E-state index in [0.717, 1.165) is 24.1 Å². The Hall–Kier alpha value is -2.15. The number of hydrogen-bond acceptors (Lipinski definition) is 4. The smallest absolute Gasteiger partial charge is 0.263 e. The number of rotatable bonds is 4. The Bertz CT molecular complexity index is 672. The zero-order valence-electron chi connectivity index (χ0n) is 10.1. The van der Waals surface area contributed by atoms with Crippen LogP contribution in [0, 0.1) is 5.82 Å². The number of nitrogens with one attached hydrogen (secondary N) is 2. The Morgan fingerprint density at radius 1 is 1.11 bits per heavy atom. The Kier molecular flexibility index (Phi) is 3.66. The van der Waals surface area contributed by atoms with Crippen molar-refractivity contribution in [2.45, 2.75) is 4.90 Å². The van der Waals surface area contributed by atoms with Gasteiger partial charge in [-0.15, -0.1) is 0 Å². The first-order valence-corrected chi connectivity index (χ1v) is 6.91. The second-order valence-electron chi connectivity index (χ2n) is 3.77. The summed E-state index contributed by atoms with van der Waals surface area (Å²) < 4.78 is 39.3. The van der Waals surface area contributed by atoms with Crippen LogP contribution in [0.4, 0.5) is 15.8 Å². The van der Waals surface area contributed by atoms with Crippen molar-refractivity contribution in [1.29, 1.82) is 0 Å². The summed E-state index contributed by atoms with van der Waals surface area (Å²) in [6.45, 7) is 0. The molecule has 19 heavy (non-hydrogen) atoms. The maximum atomic E-state index is 13.0. The summed E-state index contributed by atoms with van der Waals surface area (Å²) in [5, 5.41) is 2.92. The lowest BCUT2D eigenvalue weighted by Gasteiger charge is -2.08. The average molecular weight is 281 g/mol. The van der Waals surface area contributed by atoms with E-state index in [4.69, 9.17) is 0 Å². The van der Waals surface area contributed by atoms with Crippen LogP contribution in [-0.2, 0) is 10.0 Å². The highest BCUT2D eigenvalue weighted by atomic mass is 32.2. The minimum Gasteiger partial charge on any atom is -0.388 e. The van der Waals surface area contributed by atoms with Crippen molar-refractivity contribution < 1.29 is 12.8 Å². The van der Waals surface area contributed by atoms with Gasteiger partial charge in [0.25, 0.3) is 10.0 Å². The van der Waals surface area contributed by atoms with Gasteiger partial charge in [0.15, 0.2) is 0 Å². The molecule has 1 heterocycles. The summed E-state index contributed by atoms with van der Waals surface area (Å²) >= 11 is 0. The van der Waals surface area contributed by atoms with Crippen molar-refractivity contribution >= 4 is 21.4 Å². The molecule has 0 bridgehead atoms. The minimum atomic E-state index is -3.83. The molecule has 0 radical (unpaired) electrons. The fourth-order valence-corrected chi connectivity index (χ4v) is 2.49. The summed E-state index contributed by atoms with van der Waals surface area (Å²) in [7, 11) is -2.07. The molecule has 2 N–H and O–H groups in total. The molecule has 0 aliphatic carbocycles. The molecule has 0 fully saturated rings. The van der Waals surface area contributed by atoms with Crippen LogP contribution in [0.3, 0.4) is 0 Å². The largest absolute Gasteiger partial charge is 0.388 e. The second kappa shape index (κ2) is 5.23. The maximum Gasteiger partial charge on any atom is 0.263 e. The van der Waals surface area contributed by atoms with E-state index in [0.29, 0.717) is 5.69 Å². The lowest BCUT2D eigenvalue weighted by atomic mass is 10.3. The van der Waals surface area contributed by atoms with Crippen LogP contribution in [-0.4, -0.2) is 20.4 Å². The lowest BCUT2D eigenvalue weighted by Crippen LogP contribution is -2.13. The van der Waals surface area contributed by atoms with Gasteiger partial charge in [-0.3, -0.25) is 9.71 Å². The zero-order chi connectivity index (χ0) is 13.9. The van der Waals surface area contributed by atoms with Gasteiger partial charge >= 0.3 is 0 Å². The van der Waals surface area contributed by atoms with E-state index >= 15 is 0 Å². The number of aromatic nitrogens is 1. The van der Waals surface area contributed by atoms with Crippen LogP contribution >= 0.6 is 0 Å². The van der Waals surface area contributed by atoms with Gasteiger partial charge < -0.3 is 5.32 Å². The molecule has 2 rings (SSSR count). The van der Waals surface area contributed by atoms with Crippen molar-refractivity contribution in [2.24, 2.45) is 0 Å². The molecule has 100 valence electrons. The van der Waals surface area contributed by atoms with Crippen LogP contribution < -0.4 is 10.0 Å².